The van der Waals surface area contributed by atoms with Crippen molar-refractivity contribution in [2.75, 3.05) is 18.5 Å². The van der Waals surface area contributed by atoms with E-state index >= 15 is 0 Å². The van der Waals surface area contributed by atoms with E-state index in [4.69, 9.17) is 11.6 Å². The van der Waals surface area contributed by atoms with Gasteiger partial charge in [0.25, 0.3) is 5.56 Å². The van der Waals surface area contributed by atoms with Gasteiger partial charge in [-0.3, -0.25) is 4.79 Å². The maximum Gasteiger partial charge on any atom is 0.287 e. The lowest BCUT2D eigenvalue weighted by molar-refractivity contribution is 0.132. The van der Waals surface area contributed by atoms with Crippen LogP contribution in [0.3, 0.4) is 0 Å². The lowest BCUT2D eigenvalue weighted by Gasteiger charge is -2.31. The Bertz CT molecular complexity index is 449. The first-order valence-corrected chi connectivity index (χ1v) is 6.17. The van der Waals surface area contributed by atoms with Crippen LogP contribution in [-0.2, 0) is 6.54 Å². The molecule has 0 aliphatic carbocycles. The molecular weight excluding hydrogens is 258 g/mol. The van der Waals surface area contributed by atoms with Gasteiger partial charge >= 0.3 is 0 Å². The summed E-state index contributed by atoms with van der Waals surface area (Å²) in [5, 5.41) is 25.5. The van der Waals surface area contributed by atoms with Gasteiger partial charge in [-0.2, -0.15) is 5.10 Å². The lowest BCUT2D eigenvalue weighted by Crippen LogP contribution is -2.45. The second kappa shape index (κ2) is 6.17. The number of nitrogens with zero attached hydrogens (tertiary/aromatic N) is 2. The van der Waals surface area contributed by atoms with E-state index in [9.17, 15) is 15.0 Å². The van der Waals surface area contributed by atoms with Crippen molar-refractivity contribution in [2.45, 2.75) is 32.4 Å². The Balaban J connectivity index is 3.12. The van der Waals surface area contributed by atoms with Gasteiger partial charge in [0.2, 0.25) is 0 Å². The van der Waals surface area contributed by atoms with Crippen molar-refractivity contribution >= 4 is 17.3 Å². The summed E-state index contributed by atoms with van der Waals surface area (Å²) in [6.45, 7) is 3.49. The molecule has 102 valence electrons. The normalized spacial score (nSPS) is 11.6. The van der Waals surface area contributed by atoms with Crippen LogP contribution in [0.25, 0.3) is 0 Å². The molecule has 0 unspecified atom stereocenters. The third-order valence-electron chi connectivity index (χ3n) is 2.97. The molecule has 0 bridgehead atoms. The van der Waals surface area contributed by atoms with Crippen LogP contribution < -0.4 is 10.9 Å². The van der Waals surface area contributed by atoms with Gasteiger partial charge < -0.3 is 15.5 Å². The molecular formula is C11H18ClN3O3. The zero-order valence-corrected chi connectivity index (χ0v) is 11.2. The fraction of sp³-hybridized carbons (Fsp3) is 0.636. The van der Waals surface area contributed by atoms with E-state index in [0.717, 1.165) is 0 Å². The first kappa shape index (κ1) is 14.9. The zero-order chi connectivity index (χ0) is 13.8. The van der Waals surface area contributed by atoms with Gasteiger partial charge in [-0.15, -0.1) is 0 Å². The Hall–Kier alpha value is -1.11. The van der Waals surface area contributed by atoms with E-state index in [0.29, 0.717) is 18.7 Å². The van der Waals surface area contributed by atoms with Crippen LogP contribution in [0.1, 0.15) is 20.3 Å². The SMILES string of the molecule is CCn1ncc(NC(CC)(CO)CO)c(Cl)c1=O. The molecule has 1 aromatic heterocycles. The predicted molar refractivity (Wildman–Crippen MR) is 70.0 cm³/mol. The highest BCUT2D eigenvalue weighted by molar-refractivity contribution is 6.32. The third-order valence-corrected chi connectivity index (χ3v) is 3.33. The highest BCUT2D eigenvalue weighted by Gasteiger charge is 2.27. The summed E-state index contributed by atoms with van der Waals surface area (Å²) < 4.78 is 1.24. The summed E-state index contributed by atoms with van der Waals surface area (Å²) in [5.41, 5.74) is -0.989. The van der Waals surface area contributed by atoms with Gasteiger partial charge in [-0.05, 0) is 13.3 Å². The van der Waals surface area contributed by atoms with E-state index in [-0.39, 0.29) is 18.2 Å². The molecule has 1 rings (SSSR count). The van der Waals surface area contributed by atoms with Crippen LogP contribution in [0.5, 0.6) is 0 Å². The number of anilines is 1. The highest BCUT2D eigenvalue weighted by Crippen LogP contribution is 2.22. The number of aliphatic hydroxyl groups excluding tert-OH is 2. The summed E-state index contributed by atoms with van der Waals surface area (Å²) in [4.78, 5) is 11.8. The number of aliphatic hydroxyl groups is 2. The minimum Gasteiger partial charge on any atom is -0.394 e. The van der Waals surface area contributed by atoms with Gasteiger partial charge in [0.1, 0.15) is 5.02 Å². The average molecular weight is 276 g/mol. The Morgan fingerprint density at radius 2 is 2.06 bits per heavy atom. The molecule has 0 spiro atoms. The smallest absolute Gasteiger partial charge is 0.287 e. The van der Waals surface area contributed by atoms with Crippen LogP contribution >= 0.6 is 11.6 Å². The Morgan fingerprint density at radius 3 is 2.50 bits per heavy atom. The minimum absolute atomic E-state index is 0.00609. The first-order valence-electron chi connectivity index (χ1n) is 5.79. The van der Waals surface area contributed by atoms with E-state index in [2.05, 4.69) is 10.4 Å². The monoisotopic (exact) mass is 275 g/mol. The molecule has 0 fully saturated rings. The number of nitrogens with one attached hydrogen (secondary N) is 1. The van der Waals surface area contributed by atoms with Gasteiger partial charge in [-0.1, -0.05) is 18.5 Å². The van der Waals surface area contributed by atoms with Crippen molar-refractivity contribution in [2.24, 2.45) is 0 Å². The van der Waals surface area contributed by atoms with Gasteiger partial charge in [-0.25, -0.2) is 4.68 Å². The second-order valence-corrected chi connectivity index (χ2v) is 4.45. The van der Waals surface area contributed by atoms with E-state index < -0.39 is 11.1 Å². The van der Waals surface area contributed by atoms with Crippen LogP contribution in [0.4, 0.5) is 5.69 Å². The minimum atomic E-state index is -0.907. The Kier molecular flexibility index (Phi) is 5.13. The second-order valence-electron chi connectivity index (χ2n) is 4.07. The van der Waals surface area contributed by atoms with E-state index in [1.165, 1.54) is 10.9 Å². The summed E-state index contributed by atoms with van der Waals surface area (Å²) in [7, 11) is 0. The number of halogens is 1. The molecule has 0 aliphatic heterocycles. The molecule has 1 heterocycles. The largest absolute Gasteiger partial charge is 0.394 e. The van der Waals surface area contributed by atoms with Crippen molar-refractivity contribution in [1.29, 1.82) is 0 Å². The van der Waals surface area contributed by atoms with Gasteiger partial charge in [0, 0.05) is 6.54 Å². The first-order chi connectivity index (χ1) is 8.53. The molecule has 0 atom stereocenters. The van der Waals surface area contributed by atoms with Gasteiger partial charge in [0.15, 0.2) is 0 Å². The number of rotatable bonds is 6. The van der Waals surface area contributed by atoms with Crippen molar-refractivity contribution in [3.8, 4) is 0 Å². The summed E-state index contributed by atoms with van der Waals surface area (Å²) >= 11 is 5.96. The van der Waals surface area contributed by atoms with Crippen molar-refractivity contribution < 1.29 is 10.2 Å². The molecule has 18 heavy (non-hydrogen) atoms. The molecule has 0 radical (unpaired) electrons. The standard InChI is InChI=1S/C11H18ClN3O3/c1-3-11(6-16,7-17)14-8-5-13-15(4-2)10(18)9(8)12/h5,14,16-17H,3-4,6-7H2,1-2H3. The maximum absolute atomic E-state index is 11.8. The average Bonchev–Trinajstić information content (AvgIpc) is 2.41. The van der Waals surface area contributed by atoms with Gasteiger partial charge in [0.05, 0.1) is 30.6 Å². The molecule has 0 aliphatic rings. The molecule has 7 heteroatoms. The van der Waals surface area contributed by atoms with E-state index in [1.54, 1.807) is 6.92 Å². The number of aromatic nitrogens is 2. The van der Waals surface area contributed by atoms with E-state index in [1.807, 2.05) is 6.92 Å². The molecule has 0 saturated carbocycles. The molecule has 0 amide bonds. The van der Waals surface area contributed by atoms with Crippen LogP contribution in [-0.4, -0.2) is 38.7 Å². The predicted octanol–water partition coefficient (Wildman–Crippen LogP) is 0.462. The quantitative estimate of drug-likeness (QED) is 0.702. The maximum atomic E-state index is 11.8. The third kappa shape index (κ3) is 2.82. The van der Waals surface area contributed by atoms with Crippen LogP contribution in [0, 0.1) is 0 Å². The molecule has 1 aromatic rings. The Morgan fingerprint density at radius 1 is 1.44 bits per heavy atom. The fourth-order valence-corrected chi connectivity index (χ4v) is 1.70. The van der Waals surface area contributed by atoms with Crippen LogP contribution in [0.2, 0.25) is 5.02 Å². The summed E-state index contributed by atoms with van der Waals surface area (Å²) in [6.07, 6.45) is 1.90. The number of aryl methyl sites for hydroxylation is 1. The molecule has 0 saturated heterocycles. The number of hydrogen-bond acceptors (Lipinski definition) is 5. The van der Waals surface area contributed by atoms with Crippen molar-refractivity contribution in [3.05, 3.63) is 21.6 Å². The fourth-order valence-electron chi connectivity index (χ4n) is 1.50. The molecule has 6 nitrogen and oxygen atoms in total. The lowest BCUT2D eigenvalue weighted by atomic mass is 9.98. The summed E-state index contributed by atoms with van der Waals surface area (Å²) in [5.74, 6) is 0. The number of hydrogen-bond donors (Lipinski definition) is 3. The van der Waals surface area contributed by atoms with Crippen LogP contribution in [0.15, 0.2) is 11.0 Å². The van der Waals surface area contributed by atoms with Crippen molar-refractivity contribution in [3.63, 3.8) is 0 Å². The zero-order valence-electron chi connectivity index (χ0n) is 10.5. The highest BCUT2D eigenvalue weighted by atomic mass is 35.5. The van der Waals surface area contributed by atoms with Crippen molar-refractivity contribution in [1.82, 2.24) is 9.78 Å². The summed E-state index contributed by atoms with van der Waals surface area (Å²) in [6, 6.07) is 0. The molecule has 3 N–H and O–H groups in total. The topological polar surface area (TPSA) is 87.4 Å². The molecule has 0 aromatic carbocycles. The Labute approximate surface area is 110 Å².